The molecule has 0 bridgehead atoms. The Morgan fingerprint density at radius 2 is 1.95 bits per heavy atom. The Hall–Kier alpha value is -1.65. The van der Waals surface area contributed by atoms with Crippen LogP contribution in [0.2, 0.25) is 5.02 Å². The first-order valence-corrected chi connectivity index (χ1v) is 8.08. The fourth-order valence-electron chi connectivity index (χ4n) is 2.77. The van der Waals surface area contributed by atoms with Crippen LogP contribution >= 0.6 is 11.6 Å². The first-order valence-electron chi connectivity index (χ1n) is 7.71. The summed E-state index contributed by atoms with van der Waals surface area (Å²) in [6.07, 6.45) is 9.89. The van der Waals surface area contributed by atoms with Crippen molar-refractivity contribution >= 4 is 11.6 Å². The number of hydrogen-bond acceptors (Lipinski definition) is 4. The molecule has 1 aliphatic rings. The molecular weight excluding hydrogens is 298 g/mol. The van der Waals surface area contributed by atoms with Crippen LogP contribution in [0.4, 0.5) is 0 Å². The van der Waals surface area contributed by atoms with Gasteiger partial charge in [-0.05, 0) is 49.4 Å². The molecule has 3 rings (SSSR count). The largest absolute Gasteiger partial charge is 0.473 e. The summed E-state index contributed by atoms with van der Waals surface area (Å²) in [7, 11) is 0. The molecule has 1 aliphatic carbocycles. The Kier molecular flexibility index (Phi) is 5.24. The van der Waals surface area contributed by atoms with Gasteiger partial charge in [-0.3, -0.25) is 4.98 Å². The molecule has 0 aliphatic heterocycles. The van der Waals surface area contributed by atoms with Gasteiger partial charge < -0.3 is 10.1 Å². The minimum atomic E-state index is 0.212. The van der Waals surface area contributed by atoms with Gasteiger partial charge in [-0.25, -0.2) is 4.98 Å². The van der Waals surface area contributed by atoms with Crippen LogP contribution in [0.1, 0.15) is 31.2 Å². The molecule has 0 unspecified atom stereocenters. The summed E-state index contributed by atoms with van der Waals surface area (Å²) in [5.41, 5.74) is 1.22. The van der Waals surface area contributed by atoms with Gasteiger partial charge in [0.2, 0.25) is 5.88 Å². The third-order valence-electron chi connectivity index (χ3n) is 3.99. The summed E-state index contributed by atoms with van der Waals surface area (Å²) in [5.74, 6) is 0.552. The summed E-state index contributed by atoms with van der Waals surface area (Å²) in [4.78, 5) is 8.33. The van der Waals surface area contributed by atoms with E-state index in [4.69, 9.17) is 16.3 Å². The van der Waals surface area contributed by atoms with Crippen molar-refractivity contribution < 1.29 is 4.74 Å². The maximum atomic E-state index is 6.08. The summed E-state index contributed by atoms with van der Waals surface area (Å²) in [5, 5.41) is 4.18. The number of hydrogen-bond donors (Lipinski definition) is 1. The number of pyridine rings is 2. The SMILES string of the molecule is Clc1cccnc1OC1CCC(NCc2cccnc2)CC1. The zero-order valence-electron chi connectivity index (χ0n) is 12.4. The molecule has 0 saturated heterocycles. The topological polar surface area (TPSA) is 47.0 Å². The highest BCUT2D eigenvalue weighted by atomic mass is 35.5. The molecule has 0 atom stereocenters. The summed E-state index contributed by atoms with van der Waals surface area (Å²) < 4.78 is 5.92. The van der Waals surface area contributed by atoms with Crippen molar-refractivity contribution in [1.29, 1.82) is 0 Å². The number of ether oxygens (including phenoxy) is 1. The van der Waals surface area contributed by atoms with Gasteiger partial charge in [-0.2, -0.15) is 0 Å². The highest BCUT2D eigenvalue weighted by Crippen LogP contribution is 2.27. The Labute approximate surface area is 135 Å². The van der Waals surface area contributed by atoms with Gasteiger partial charge in [0.25, 0.3) is 0 Å². The number of rotatable bonds is 5. The van der Waals surface area contributed by atoms with E-state index in [9.17, 15) is 0 Å². The molecule has 0 aromatic carbocycles. The van der Waals surface area contributed by atoms with E-state index in [1.54, 1.807) is 12.4 Å². The van der Waals surface area contributed by atoms with Gasteiger partial charge in [0.1, 0.15) is 11.1 Å². The number of nitrogens with one attached hydrogen (secondary N) is 1. The maximum Gasteiger partial charge on any atom is 0.232 e. The predicted molar refractivity (Wildman–Crippen MR) is 87.0 cm³/mol. The normalized spacial score (nSPS) is 21.5. The van der Waals surface area contributed by atoms with E-state index >= 15 is 0 Å². The quantitative estimate of drug-likeness (QED) is 0.915. The minimum absolute atomic E-state index is 0.212. The first kappa shape index (κ1) is 15.3. The molecule has 0 amide bonds. The van der Waals surface area contributed by atoms with E-state index in [1.807, 2.05) is 24.4 Å². The third kappa shape index (κ3) is 4.18. The molecule has 0 spiro atoms. The average Bonchev–Trinajstić information content (AvgIpc) is 2.57. The zero-order valence-corrected chi connectivity index (χ0v) is 13.2. The standard InChI is InChI=1S/C17H20ClN3O/c18-16-4-2-10-20-17(16)22-15-7-5-14(6-8-15)21-12-13-3-1-9-19-11-13/h1-4,9-11,14-15,21H,5-8,12H2. The van der Waals surface area contributed by atoms with Crippen LogP contribution in [0.3, 0.4) is 0 Å². The van der Waals surface area contributed by atoms with Crippen LogP contribution in [-0.4, -0.2) is 22.1 Å². The van der Waals surface area contributed by atoms with E-state index in [0.717, 1.165) is 32.2 Å². The molecule has 4 nitrogen and oxygen atoms in total. The summed E-state index contributed by atoms with van der Waals surface area (Å²) >= 11 is 6.08. The molecule has 1 fully saturated rings. The maximum absolute atomic E-state index is 6.08. The molecule has 1 saturated carbocycles. The molecule has 2 heterocycles. The van der Waals surface area contributed by atoms with Crippen molar-refractivity contribution in [2.45, 2.75) is 44.4 Å². The molecule has 22 heavy (non-hydrogen) atoms. The molecule has 5 heteroatoms. The lowest BCUT2D eigenvalue weighted by molar-refractivity contribution is 0.134. The van der Waals surface area contributed by atoms with Crippen LogP contribution in [0.15, 0.2) is 42.9 Å². The lowest BCUT2D eigenvalue weighted by Crippen LogP contribution is -2.36. The summed E-state index contributed by atoms with van der Waals surface area (Å²) in [6.45, 7) is 0.871. The monoisotopic (exact) mass is 317 g/mol. The predicted octanol–water partition coefficient (Wildman–Crippen LogP) is 3.61. The number of aromatic nitrogens is 2. The Morgan fingerprint density at radius 3 is 2.68 bits per heavy atom. The second kappa shape index (κ2) is 7.56. The Balaban J connectivity index is 1.44. The van der Waals surface area contributed by atoms with Crippen LogP contribution < -0.4 is 10.1 Å². The van der Waals surface area contributed by atoms with Crippen LogP contribution in [0.25, 0.3) is 0 Å². The van der Waals surface area contributed by atoms with Gasteiger partial charge in [-0.1, -0.05) is 17.7 Å². The number of nitrogens with zero attached hydrogens (tertiary/aromatic N) is 2. The zero-order chi connectivity index (χ0) is 15.2. The van der Waals surface area contributed by atoms with Crippen LogP contribution in [0, 0.1) is 0 Å². The second-order valence-corrected chi connectivity index (χ2v) is 6.03. The molecule has 116 valence electrons. The van der Waals surface area contributed by atoms with E-state index in [0.29, 0.717) is 16.9 Å². The first-order chi connectivity index (χ1) is 10.8. The van der Waals surface area contributed by atoms with Gasteiger partial charge in [0, 0.05) is 31.2 Å². The fraction of sp³-hybridized carbons (Fsp3) is 0.412. The lowest BCUT2D eigenvalue weighted by atomic mass is 9.93. The molecule has 2 aromatic rings. The van der Waals surface area contributed by atoms with Crippen LogP contribution in [-0.2, 0) is 6.54 Å². The molecule has 2 aromatic heterocycles. The Morgan fingerprint density at radius 1 is 1.14 bits per heavy atom. The van der Waals surface area contributed by atoms with Crippen LogP contribution in [0.5, 0.6) is 5.88 Å². The van der Waals surface area contributed by atoms with Gasteiger partial charge in [-0.15, -0.1) is 0 Å². The summed E-state index contributed by atoms with van der Waals surface area (Å²) in [6, 6.07) is 8.23. The van der Waals surface area contributed by atoms with E-state index in [1.165, 1.54) is 5.56 Å². The van der Waals surface area contributed by atoms with Gasteiger partial charge in [0.15, 0.2) is 0 Å². The van der Waals surface area contributed by atoms with Crippen molar-refractivity contribution in [2.75, 3.05) is 0 Å². The molecule has 0 radical (unpaired) electrons. The van der Waals surface area contributed by atoms with Crippen molar-refractivity contribution in [3.05, 3.63) is 53.4 Å². The highest BCUT2D eigenvalue weighted by Gasteiger charge is 2.23. The molecular formula is C17H20ClN3O. The second-order valence-electron chi connectivity index (χ2n) is 5.62. The van der Waals surface area contributed by atoms with E-state index in [-0.39, 0.29) is 6.10 Å². The van der Waals surface area contributed by atoms with Crippen molar-refractivity contribution in [3.8, 4) is 5.88 Å². The smallest absolute Gasteiger partial charge is 0.232 e. The van der Waals surface area contributed by atoms with Crippen molar-refractivity contribution in [2.24, 2.45) is 0 Å². The third-order valence-corrected chi connectivity index (χ3v) is 4.28. The lowest BCUT2D eigenvalue weighted by Gasteiger charge is -2.29. The van der Waals surface area contributed by atoms with E-state index in [2.05, 4.69) is 21.4 Å². The Bertz CT molecular complexity index is 585. The van der Waals surface area contributed by atoms with Crippen molar-refractivity contribution in [1.82, 2.24) is 15.3 Å². The van der Waals surface area contributed by atoms with E-state index < -0.39 is 0 Å². The highest BCUT2D eigenvalue weighted by molar-refractivity contribution is 6.31. The number of halogens is 1. The van der Waals surface area contributed by atoms with Gasteiger partial charge >= 0.3 is 0 Å². The fourth-order valence-corrected chi connectivity index (χ4v) is 2.93. The van der Waals surface area contributed by atoms with Crippen molar-refractivity contribution in [3.63, 3.8) is 0 Å². The minimum Gasteiger partial charge on any atom is -0.473 e. The van der Waals surface area contributed by atoms with Gasteiger partial charge in [0.05, 0.1) is 0 Å². The average molecular weight is 318 g/mol. The molecule has 1 N–H and O–H groups in total.